The molecule has 0 aromatic carbocycles. The standard InChI is InChI=1S/C14H26N6/c1-10(2)15-13(16-11(3)4)14-17-18-19-20(14)12-8-6-5-7-9-12/h10-12H,5-9H2,1-4H3,(H,15,16). The molecule has 1 aliphatic rings. The maximum atomic E-state index is 4.66. The van der Waals surface area contributed by atoms with Gasteiger partial charge in [-0.2, -0.15) is 0 Å². The minimum atomic E-state index is 0.216. The summed E-state index contributed by atoms with van der Waals surface area (Å²) in [7, 11) is 0. The molecule has 6 nitrogen and oxygen atoms in total. The topological polar surface area (TPSA) is 68.0 Å². The quantitative estimate of drug-likeness (QED) is 0.678. The molecular formula is C14H26N6. The molecule has 6 heteroatoms. The number of nitrogens with one attached hydrogen (secondary N) is 1. The molecule has 1 fully saturated rings. The SMILES string of the molecule is CC(C)N=C(NC(C)C)c1nnnn1C1CCCCC1. The molecule has 1 aromatic rings. The van der Waals surface area contributed by atoms with Crippen molar-refractivity contribution in [2.75, 3.05) is 0 Å². The first-order chi connectivity index (χ1) is 9.58. The van der Waals surface area contributed by atoms with Crippen LogP contribution in [0.15, 0.2) is 4.99 Å². The van der Waals surface area contributed by atoms with E-state index in [0.717, 1.165) is 24.5 Å². The van der Waals surface area contributed by atoms with Crippen molar-refractivity contribution in [2.24, 2.45) is 4.99 Å². The van der Waals surface area contributed by atoms with Gasteiger partial charge >= 0.3 is 0 Å². The summed E-state index contributed by atoms with van der Waals surface area (Å²) < 4.78 is 1.97. The maximum absolute atomic E-state index is 4.66. The lowest BCUT2D eigenvalue weighted by atomic mass is 9.95. The highest BCUT2D eigenvalue weighted by molar-refractivity contribution is 5.95. The predicted molar refractivity (Wildman–Crippen MR) is 79.9 cm³/mol. The number of rotatable bonds is 4. The Hall–Kier alpha value is -1.46. The van der Waals surface area contributed by atoms with Crippen LogP contribution < -0.4 is 5.32 Å². The maximum Gasteiger partial charge on any atom is 0.217 e. The van der Waals surface area contributed by atoms with Crippen LogP contribution in [0.25, 0.3) is 0 Å². The first-order valence-electron chi connectivity index (χ1n) is 7.70. The Balaban J connectivity index is 2.27. The Kier molecular flexibility index (Phi) is 5.09. The third kappa shape index (κ3) is 3.77. The van der Waals surface area contributed by atoms with Crippen LogP contribution in [0.1, 0.15) is 71.7 Å². The fourth-order valence-electron chi connectivity index (χ4n) is 2.61. The van der Waals surface area contributed by atoms with Crippen LogP contribution in [-0.4, -0.2) is 38.1 Å². The zero-order valence-electron chi connectivity index (χ0n) is 13.0. The Labute approximate surface area is 121 Å². The van der Waals surface area contributed by atoms with Crippen molar-refractivity contribution >= 4 is 5.84 Å². The summed E-state index contributed by atoms with van der Waals surface area (Å²) >= 11 is 0. The first kappa shape index (κ1) is 14.9. The molecule has 0 unspecified atom stereocenters. The van der Waals surface area contributed by atoms with Gasteiger partial charge in [0.25, 0.3) is 0 Å². The molecule has 1 N–H and O–H groups in total. The van der Waals surface area contributed by atoms with Crippen molar-refractivity contribution in [3.8, 4) is 0 Å². The van der Waals surface area contributed by atoms with Crippen LogP contribution >= 0.6 is 0 Å². The molecule has 0 aliphatic heterocycles. The average molecular weight is 278 g/mol. The summed E-state index contributed by atoms with van der Waals surface area (Å²) in [5.74, 6) is 1.59. The average Bonchev–Trinajstić information content (AvgIpc) is 2.87. The van der Waals surface area contributed by atoms with E-state index in [0.29, 0.717) is 12.1 Å². The van der Waals surface area contributed by atoms with E-state index in [-0.39, 0.29) is 6.04 Å². The third-order valence-electron chi connectivity index (χ3n) is 3.44. The van der Waals surface area contributed by atoms with E-state index in [4.69, 9.17) is 0 Å². The molecule has 0 spiro atoms. The van der Waals surface area contributed by atoms with Gasteiger partial charge in [0.2, 0.25) is 5.82 Å². The number of aliphatic imine (C=N–C) groups is 1. The fraction of sp³-hybridized carbons (Fsp3) is 0.857. The van der Waals surface area contributed by atoms with E-state index in [2.05, 4.69) is 53.5 Å². The fourth-order valence-corrected chi connectivity index (χ4v) is 2.61. The lowest BCUT2D eigenvalue weighted by Crippen LogP contribution is -2.35. The van der Waals surface area contributed by atoms with Crippen molar-refractivity contribution in [3.63, 3.8) is 0 Å². The highest BCUT2D eigenvalue weighted by atomic mass is 15.6. The molecule has 1 aliphatic carbocycles. The van der Waals surface area contributed by atoms with Crippen molar-refractivity contribution in [2.45, 2.75) is 77.9 Å². The second-order valence-corrected chi connectivity index (χ2v) is 6.11. The lowest BCUT2D eigenvalue weighted by molar-refractivity contribution is 0.322. The zero-order valence-corrected chi connectivity index (χ0v) is 13.0. The van der Waals surface area contributed by atoms with Gasteiger partial charge in [0.05, 0.1) is 6.04 Å². The lowest BCUT2D eigenvalue weighted by Gasteiger charge is -2.23. The summed E-state index contributed by atoms with van der Waals surface area (Å²) in [6, 6.07) is 0.942. The number of hydrogen-bond donors (Lipinski definition) is 1. The van der Waals surface area contributed by atoms with E-state index in [1.807, 2.05) is 4.68 Å². The van der Waals surface area contributed by atoms with Gasteiger partial charge in [-0.05, 0) is 51.0 Å². The molecular weight excluding hydrogens is 252 g/mol. The van der Waals surface area contributed by atoms with Gasteiger partial charge in [0.15, 0.2) is 5.84 Å². The molecule has 20 heavy (non-hydrogen) atoms. The molecule has 0 radical (unpaired) electrons. The molecule has 0 saturated heterocycles. The van der Waals surface area contributed by atoms with Gasteiger partial charge in [-0.1, -0.05) is 19.3 Å². The normalized spacial score (nSPS) is 18.0. The second-order valence-electron chi connectivity index (χ2n) is 6.11. The Morgan fingerprint density at radius 3 is 2.50 bits per heavy atom. The highest BCUT2D eigenvalue weighted by Crippen LogP contribution is 2.27. The van der Waals surface area contributed by atoms with Crippen LogP contribution in [0.4, 0.5) is 0 Å². The third-order valence-corrected chi connectivity index (χ3v) is 3.44. The van der Waals surface area contributed by atoms with Crippen molar-refractivity contribution < 1.29 is 0 Å². The summed E-state index contributed by atoms with van der Waals surface area (Å²) in [4.78, 5) is 4.66. The van der Waals surface area contributed by atoms with Gasteiger partial charge in [0.1, 0.15) is 0 Å². The summed E-state index contributed by atoms with van der Waals surface area (Å²) in [6.45, 7) is 8.34. The minimum Gasteiger partial charge on any atom is -0.365 e. The molecule has 2 rings (SSSR count). The van der Waals surface area contributed by atoms with Gasteiger partial charge in [-0.25, -0.2) is 4.68 Å². The van der Waals surface area contributed by atoms with Crippen molar-refractivity contribution in [1.82, 2.24) is 25.5 Å². The van der Waals surface area contributed by atoms with E-state index >= 15 is 0 Å². The van der Waals surface area contributed by atoms with Crippen LogP contribution in [0.3, 0.4) is 0 Å². The summed E-state index contributed by atoms with van der Waals surface area (Å²) in [5, 5.41) is 15.7. The summed E-state index contributed by atoms with van der Waals surface area (Å²) in [6.07, 6.45) is 6.17. The number of tetrazole rings is 1. The van der Waals surface area contributed by atoms with Crippen LogP contribution in [0.2, 0.25) is 0 Å². The van der Waals surface area contributed by atoms with Crippen molar-refractivity contribution in [1.29, 1.82) is 0 Å². The molecule has 1 saturated carbocycles. The smallest absolute Gasteiger partial charge is 0.217 e. The van der Waals surface area contributed by atoms with E-state index < -0.39 is 0 Å². The van der Waals surface area contributed by atoms with Crippen LogP contribution in [0.5, 0.6) is 0 Å². The number of amidine groups is 1. The van der Waals surface area contributed by atoms with Crippen molar-refractivity contribution in [3.05, 3.63) is 5.82 Å². The number of hydrogen-bond acceptors (Lipinski definition) is 4. The highest BCUT2D eigenvalue weighted by Gasteiger charge is 2.23. The van der Waals surface area contributed by atoms with Crippen LogP contribution in [-0.2, 0) is 0 Å². The van der Waals surface area contributed by atoms with E-state index in [9.17, 15) is 0 Å². The second kappa shape index (κ2) is 6.81. The minimum absolute atomic E-state index is 0.216. The monoisotopic (exact) mass is 278 g/mol. The summed E-state index contributed by atoms with van der Waals surface area (Å²) in [5.41, 5.74) is 0. The van der Waals surface area contributed by atoms with E-state index in [1.165, 1.54) is 19.3 Å². The number of nitrogens with zero attached hydrogens (tertiary/aromatic N) is 5. The molecule has 1 heterocycles. The Bertz CT molecular complexity index is 442. The van der Waals surface area contributed by atoms with Gasteiger partial charge in [-0.3, -0.25) is 4.99 Å². The first-order valence-corrected chi connectivity index (χ1v) is 7.70. The molecule has 0 bridgehead atoms. The van der Waals surface area contributed by atoms with Gasteiger partial charge in [0, 0.05) is 12.1 Å². The molecule has 112 valence electrons. The zero-order chi connectivity index (χ0) is 14.5. The van der Waals surface area contributed by atoms with E-state index in [1.54, 1.807) is 0 Å². The Morgan fingerprint density at radius 2 is 1.90 bits per heavy atom. The molecule has 1 aromatic heterocycles. The Morgan fingerprint density at radius 1 is 1.20 bits per heavy atom. The number of aromatic nitrogens is 4. The molecule has 0 atom stereocenters. The van der Waals surface area contributed by atoms with Gasteiger partial charge < -0.3 is 5.32 Å². The van der Waals surface area contributed by atoms with Crippen LogP contribution in [0, 0.1) is 0 Å². The van der Waals surface area contributed by atoms with Gasteiger partial charge in [-0.15, -0.1) is 5.10 Å². The molecule has 0 amide bonds. The largest absolute Gasteiger partial charge is 0.365 e. The predicted octanol–water partition coefficient (Wildman–Crippen LogP) is 2.33.